The molecule has 2 heteroatoms. The maximum absolute atomic E-state index is 3.44. The Bertz CT molecular complexity index is 329. The predicted molar refractivity (Wildman–Crippen MR) is 68.6 cm³/mol. The van der Waals surface area contributed by atoms with Crippen molar-refractivity contribution in [3.8, 4) is 0 Å². The third-order valence-electron chi connectivity index (χ3n) is 3.52. The first-order valence-electron chi connectivity index (χ1n) is 6.24. The molecule has 2 rings (SSSR count). The molecular weight excluding hydrogens is 196 g/mol. The van der Waals surface area contributed by atoms with Gasteiger partial charge in [0.2, 0.25) is 0 Å². The van der Waals surface area contributed by atoms with Crippen molar-refractivity contribution in [3.05, 3.63) is 35.4 Å². The van der Waals surface area contributed by atoms with Crippen molar-refractivity contribution >= 4 is 0 Å². The molecule has 1 aliphatic rings. The quantitative estimate of drug-likeness (QED) is 0.810. The molecule has 88 valence electrons. The van der Waals surface area contributed by atoms with Crippen molar-refractivity contribution in [2.75, 3.05) is 20.1 Å². The molecule has 0 radical (unpaired) electrons. The first-order chi connectivity index (χ1) is 7.79. The Morgan fingerprint density at radius 3 is 3.00 bits per heavy atom. The zero-order chi connectivity index (χ0) is 11.4. The summed E-state index contributed by atoms with van der Waals surface area (Å²) in [5, 5.41) is 6.88. The van der Waals surface area contributed by atoms with E-state index in [-0.39, 0.29) is 0 Å². The summed E-state index contributed by atoms with van der Waals surface area (Å²) in [6.45, 7) is 4.53. The van der Waals surface area contributed by atoms with E-state index in [4.69, 9.17) is 0 Å². The second-order valence-electron chi connectivity index (χ2n) is 4.85. The maximum Gasteiger partial charge on any atom is 0.0320 e. The molecule has 0 aromatic heterocycles. The van der Waals surface area contributed by atoms with E-state index in [9.17, 15) is 0 Å². The zero-order valence-electron chi connectivity index (χ0n) is 10.3. The van der Waals surface area contributed by atoms with Crippen LogP contribution in [0.25, 0.3) is 0 Å². The smallest absolute Gasteiger partial charge is 0.0320 e. The van der Waals surface area contributed by atoms with Crippen LogP contribution in [0.15, 0.2) is 24.3 Å². The van der Waals surface area contributed by atoms with Crippen molar-refractivity contribution in [1.29, 1.82) is 0 Å². The SMILES string of the molecule is CNC(CC1CCNC1)c1cccc(C)c1. The van der Waals surface area contributed by atoms with Gasteiger partial charge in [0.05, 0.1) is 0 Å². The molecule has 1 aromatic rings. The third kappa shape index (κ3) is 2.83. The van der Waals surface area contributed by atoms with Gasteiger partial charge in [0.15, 0.2) is 0 Å². The number of hydrogen-bond donors (Lipinski definition) is 2. The lowest BCUT2D eigenvalue weighted by molar-refractivity contribution is 0.430. The van der Waals surface area contributed by atoms with Crippen molar-refractivity contribution in [3.63, 3.8) is 0 Å². The van der Waals surface area contributed by atoms with E-state index in [1.807, 2.05) is 0 Å². The van der Waals surface area contributed by atoms with Crippen LogP contribution >= 0.6 is 0 Å². The van der Waals surface area contributed by atoms with Gasteiger partial charge >= 0.3 is 0 Å². The minimum atomic E-state index is 0.504. The lowest BCUT2D eigenvalue weighted by Gasteiger charge is -2.20. The molecule has 2 unspecified atom stereocenters. The second kappa shape index (κ2) is 5.46. The van der Waals surface area contributed by atoms with Crippen molar-refractivity contribution in [2.24, 2.45) is 5.92 Å². The van der Waals surface area contributed by atoms with Gasteiger partial charge in [0.1, 0.15) is 0 Å². The highest BCUT2D eigenvalue weighted by atomic mass is 14.9. The summed E-state index contributed by atoms with van der Waals surface area (Å²) in [6.07, 6.45) is 2.57. The lowest BCUT2D eigenvalue weighted by atomic mass is 9.93. The average molecular weight is 218 g/mol. The largest absolute Gasteiger partial charge is 0.316 e. The summed E-state index contributed by atoms with van der Waals surface area (Å²) in [4.78, 5) is 0. The zero-order valence-corrected chi connectivity index (χ0v) is 10.3. The Hall–Kier alpha value is -0.860. The van der Waals surface area contributed by atoms with Crippen LogP contribution in [0.4, 0.5) is 0 Å². The van der Waals surface area contributed by atoms with Gasteiger partial charge in [-0.1, -0.05) is 29.8 Å². The van der Waals surface area contributed by atoms with Gasteiger partial charge < -0.3 is 10.6 Å². The highest BCUT2D eigenvalue weighted by Crippen LogP contribution is 2.24. The highest BCUT2D eigenvalue weighted by Gasteiger charge is 2.19. The standard InChI is InChI=1S/C14H22N2/c1-11-4-3-5-13(8-11)14(15-2)9-12-6-7-16-10-12/h3-5,8,12,14-16H,6-7,9-10H2,1-2H3. The second-order valence-corrected chi connectivity index (χ2v) is 4.85. The average Bonchev–Trinajstić information content (AvgIpc) is 2.78. The van der Waals surface area contributed by atoms with Crippen LogP contribution in [-0.2, 0) is 0 Å². The molecule has 1 saturated heterocycles. The number of rotatable bonds is 4. The van der Waals surface area contributed by atoms with Crippen LogP contribution in [0.3, 0.4) is 0 Å². The molecule has 0 bridgehead atoms. The van der Waals surface area contributed by atoms with Crippen LogP contribution in [0.5, 0.6) is 0 Å². The monoisotopic (exact) mass is 218 g/mol. The molecule has 0 saturated carbocycles. The normalized spacial score (nSPS) is 22.2. The van der Waals surface area contributed by atoms with E-state index in [0.29, 0.717) is 6.04 Å². The predicted octanol–water partition coefficient (Wildman–Crippen LogP) is 2.26. The molecule has 0 spiro atoms. The molecule has 1 heterocycles. The van der Waals surface area contributed by atoms with Gasteiger partial charge in [0, 0.05) is 6.04 Å². The molecule has 1 aliphatic heterocycles. The maximum atomic E-state index is 3.44. The summed E-state index contributed by atoms with van der Waals surface area (Å²) in [5.41, 5.74) is 2.77. The molecule has 0 aliphatic carbocycles. The molecular formula is C14H22N2. The van der Waals surface area contributed by atoms with Gasteiger partial charge in [-0.05, 0) is 51.4 Å². The van der Waals surface area contributed by atoms with E-state index in [1.165, 1.54) is 37.1 Å². The van der Waals surface area contributed by atoms with Gasteiger partial charge in [-0.3, -0.25) is 0 Å². The van der Waals surface area contributed by atoms with E-state index >= 15 is 0 Å². The molecule has 2 atom stereocenters. The Morgan fingerprint density at radius 2 is 2.38 bits per heavy atom. The van der Waals surface area contributed by atoms with E-state index in [0.717, 1.165) is 5.92 Å². The van der Waals surface area contributed by atoms with E-state index < -0.39 is 0 Å². The van der Waals surface area contributed by atoms with Crippen LogP contribution in [-0.4, -0.2) is 20.1 Å². The van der Waals surface area contributed by atoms with Crippen LogP contribution in [0, 0.1) is 12.8 Å². The lowest BCUT2D eigenvalue weighted by Crippen LogP contribution is -2.21. The summed E-state index contributed by atoms with van der Waals surface area (Å²) < 4.78 is 0. The fourth-order valence-electron chi connectivity index (χ4n) is 2.56. The van der Waals surface area contributed by atoms with Crippen molar-refractivity contribution in [2.45, 2.75) is 25.8 Å². The number of nitrogens with one attached hydrogen (secondary N) is 2. The molecule has 1 aromatic carbocycles. The van der Waals surface area contributed by atoms with E-state index in [2.05, 4.69) is 48.9 Å². The highest BCUT2D eigenvalue weighted by molar-refractivity contribution is 5.25. The Kier molecular flexibility index (Phi) is 3.97. The Balaban J connectivity index is 2.03. The molecule has 16 heavy (non-hydrogen) atoms. The van der Waals surface area contributed by atoms with Gasteiger partial charge in [0.25, 0.3) is 0 Å². The van der Waals surface area contributed by atoms with Gasteiger partial charge in [-0.25, -0.2) is 0 Å². The molecule has 0 amide bonds. The summed E-state index contributed by atoms with van der Waals surface area (Å²) >= 11 is 0. The fourth-order valence-corrected chi connectivity index (χ4v) is 2.56. The fraction of sp³-hybridized carbons (Fsp3) is 0.571. The number of aryl methyl sites for hydroxylation is 1. The minimum absolute atomic E-state index is 0.504. The third-order valence-corrected chi connectivity index (χ3v) is 3.52. The molecule has 2 nitrogen and oxygen atoms in total. The Labute approximate surface area is 98.4 Å². The summed E-state index contributed by atoms with van der Waals surface area (Å²) in [6, 6.07) is 9.35. The van der Waals surface area contributed by atoms with Gasteiger partial charge in [-0.15, -0.1) is 0 Å². The van der Waals surface area contributed by atoms with Crippen LogP contribution in [0.2, 0.25) is 0 Å². The van der Waals surface area contributed by atoms with Crippen molar-refractivity contribution < 1.29 is 0 Å². The molecule has 2 N–H and O–H groups in total. The summed E-state index contributed by atoms with van der Waals surface area (Å²) in [5.74, 6) is 0.831. The number of benzene rings is 1. The van der Waals surface area contributed by atoms with Gasteiger partial charge in [-0.2, -0.15) is 0 Å². The molecule has 1 fully saturated rings. The topological polar surface area (TPSA) is 24.1 Å². The first kappa shape index (κ1) is 11.6. The first-order valence-corrected chi connectivity index (χ1v) is 6.24. The van der Waals surface area contributed by atoms with Crippen molar-refractivity contribution in [1.82, 2.24) is 10.6 Å². The van der Waals surface area contributed by atoms with E-state index in [1.54, 1.807) is 0 Å². The Morgan fingerprint density at radius 1 is 1.50 bits per heavy atom. The summed E-state index contributed by atoms with van der Waals surface area (Å²) in [7, 11) is 2.06. The minimum Gasteiger partial charge on any atom is -0.316 e. The van der Waals surface area contributed by atoms with Crippen LogP contribution in [0.1, 0.15) is 30.0 Å². The number of hydrogen-bond acceptors (Lipinski definition) is 2. The van der Waals surface area contributed by atoms with Crippen LogP contribution < -0.4 is 10.6 Å².